The minimum absolute atomic E-state index is 0.0665. The van der Waals surface area contributed by atoms with E-state index in [-0.39, 0.29) is 12.5 Å². The molecule has 2 N–H and O–H groups in total. The highest BCUT2D eigenvalue weighted by atomic mass is 79.9. The summed E-state index contributed by atoms with van der Waals surface area (Å²) < 4.78 is 1.06. The maximum atomic E-state index is 10.5. The van der Waals surface area contributed by atoms with Gasteiger partial charge in [0.05, 0.1) is 0 Å². The molecule has 0 saturated heterocycles. The van der Waals surface area contributed by atoms with Gasteiger partial charge in [0.15, 0.2) is 0 Å². The van der Waals surface area contributed by atoms with Crippen LogP contribution < -0.4 is 5.32 Å². The van der Waals surface area contributed by atoms with E-state index in [9.17, 15) is 9.59 Å². The number of carbonyl (C=O) groups excluding carboxylic acids is 1. The average molecular weight is 320 g/mol. The van der Waals surface area contributed by atoms with Crippen molar-refractivity contribution in [2.45, 2.75) is 32.2 Å². The molecule has 0 fully saturated rings. The number of rotatable bonds is 7. The van der Waals surface area contributed by atoms with Gasteiger partial charge in [-0.2, -0.15) is 0 Å². The maximum absolute atomic E-state index is 10.5. The topological polar surface area (TPSA) is 66.4 Å². The number of halogens is 1. The lowest BCUT2D eigenvalue weighted by atomic mass is 10.1. The molecule has 94 valence electrons. The van der Waals surface area contributed by atoms with E-state index in [1.165, 1.54) is 4.88 Å². The molecule has 0 bridgehead atoms. The van der Waals surface area contributed by atoms with Crippen molar-refractivity contribution >= 4 is 39.6 Å². The number of hydrogen-bond acceptors (Lipinski definition) is 3. The molecule has 0 aliphatic carbocycles. The minimum atomic E-state index is -0.841. The molecule has 0 spiro atoms. The summed E-state index contributed by atoms with van der Waals surface area (Å²) in [4.78, 5) is 23.3. The predicted molar refractivity (Wildman–Crippen MR) is 70.3 cm³/mol. The Labute approximate surface area is 112 Å². The van der Waals surface area contributed by atoms with Crippen molar-refractivity contribution in [1.82, 2.24) is 5.32 Å². The predicted octanol–water partition coefficient (Wildman–Crippen LogP) is 2.34. The summed E-state index contributed by atoms with van der Waals surface area (Å²) in [7, 11) is 0. The lowest BCUT2D eigenvalue weighted by molar-refractivity contribution is -0.137. The van der Waals surface area contributed by atoms with Gasteiger partial charge < -0.3 is 10.4 Å². The second-order valence-corrected chi connectivity index (χ2v) is 5.93. The number of carboxylic acid groups (broad SMARTS) is 1. The average Bonchev–Trinajstić information content (AvgIpc) is 2.55. The quantitative estimate of drug-likeness (QED) is 0.758. The lowest BCUT2D eigenvalue weighted by Gasteiger charge is -2.13. The fourth-order valence-corrected chi connectivity index (χ4v) is 3.18. The zero-order chi connectivity index (χ0) is 12.8. The van der Waals surface area contributed by atoms with Gasteiger partial charge in [0.1, 0.15) is 0 Å². The Morgan fingerprint density at radius 3 is 2.88 bits per heavy atom. The first kappa shape index (κ1) is 14.2. The van der Waals surface area contributed by atoms with E-state index in [0.717, 1.165) is 9.35 Å². The van der Waals surface area contributed by atoms with Crippen LogP contribution in [0.25, 0.3) is 0 Å². The molecule has 17 heavy (non-hydrogen) atoms. The van der Waals surface area contributed by atoms with Crippen LogP contribution >= 0.6 is 27.3 Å². The van der Waals surface area contributed by atoms with Crippen LogP contribution in [0.5, 0.6) is 0 Å². The van der Waals surface area contributed by atoms with E-state index in [2.05, 4.69) is 21.2 Å². The van der Waals surface area contributed by atoms with Crippen LogP contribution in [-0.2, 0) is 16.0 Å². The molecule has 0 radical (unpaired) electrons. The molecule has 1 heterocycles. The van der Waals surface area contributed by atoms with Crippen molar-refractivity contribution in [3.63, 3.8) is 0 Å². The Morgan fingerprint density at radius 1 is 1.71 bits per heavy atom. The number of thiophene rings is 1. The third kappa shape index (κ3) is 4.87. The van der Waals surface area contributed by atoms with Crippen LogP contribution in [0.2, 0.25) is 0 Å². The van der Waals surface area contributed by atoms with Crippen molar-refractivity contribution in [3.8, 4) is 0 Å². The highest BCUT2D eigenvalue weighted by Gasteiger charge is 2.13. The Morgan fingerprint density at radius 2 is 2.41 bits per heavy atom. The van der Waals surface area contributed by atoms with Crippen LogP contribution in [0.4, 0.5) is 0 Å². The zero-order valence-corrected chi connectivity index (χ0v) is 11.8. The van der Waals surface area contributed by atoms with Crippen LogP contribution in [-0.4, -0.2) is 23.5 Å². The molecule has 1 amide bonds. The molecule has 0 aliphatic heterocycles. The van der Waals surface area contributed by atoms with Crippen molar-refractivity contribution in [1.29, 1.82) is 0 Å². The second-order valence-electron chi connectivity index (χ2n) is 3.73. The number of carboxylic acids is 1. The second kappa shape index (κ2) is 6.76. The molecule has 1 unspecified atom stereocenters. The van der Waals surface area contributed by atoms with Crippen molar-refractivity contribution in [3.05, 3.63) is 20.3 Å². The van der Waals surface area contributed by atoms with Gasteiger partial charge >= 0.3 is 5.97 Å². The molecule has 4 nitrogen and oxygen atoms in total. The first-order chi connectivity index (χ1) is 8.02. The third-order valence-electron chi connectivity index (χ3n) is 2.37. The fraction of sp³-hybridized carbons (Fsp3) is 0.455. The minimum Gasteiger partial charge on any atom is -0.481 e. The lowest BCUT2D eigenvalue weighted by Crippen LogP contribution is -2.30. The van der Waals surface area contributed by atoms with Gasteiger partial charge in [-0.25, -0.2) is 0 Å². The van der Waals surface area contributed by atoms with Gasteiger partial charge in [0, 0.05) is 33.1 Å². The third-order valence-corrected chi connectivity index (χ3v) is 4.53. The summed E-state index contributed by atoms with van der Waals surface area (Å²) in [6.07, 6.45) is 1.81. The number of hydrogen-bond donors (Lipinski definition) is 2. The summed E-state index contributed by atoms with van der Waals surface area (Å²) in [5, 5.41) is 11.3. The van der Waals surface area contributed by atoms with Crippen LogP contribution in [0, 0.1) is 6.92 Å². The Balaban J connectivity index is 2.59. The number of amides is 1. The Kier molecular flexibility index (Phi) is 5.64. The molecule has 1 aromatic heterocycles. The van der Waals surface area contributed by atoms with Gasteiger partial charge in [-0.05, 0) is 35.3 Å². The smallest absolute Gasteiger partial charge is 0.303 e. The monoisotopic (exact) mass is 319 g/mol. The molecular weight excluding hydrogens is 306 g/mol. The number of carbonyl (C=O) groups is 2. The summed E-state index contributed by atoms with van der Waals surface area (Å²) >= 11 is 5.09. The molecule has 1 aromatic rings. The van der Waals surface area contributed by atoms with Crippen molar-refractivity contribution < 1.29 is 14.7 Å². The van der Waals surface area contributed by atoms with Gasteiger partial charge in [0.2, 0.25) is 6.41 Å². The zero-order valence-electron chi connectivity index (χ0n) is 9.40. The van der Waals surface area contributed by atoms with E-state index in [4.69, 9.17) is 5.11 Å². The van der Waals surface area contributed by atoms with Crippen molar-refractivity contribution in [2.24, 2.45) is 0 Å². The van der Waals surface area contributed by atoms with Gasteiger partial charge in [0.25, 0.3) is 0 Å². The van der Waals surface area contributed by atoms with E-state index in [1.54, 1.807) is 11.3 Å². The van der Waals surface area contributed by atoms with E-state index in [1.807, 2.05) is 13.0 Å². The van der Waals surface area contributed by atoms with Gasteiger partial charge in [-0.3, -0.25) is 9.59 Å². The summed E-state index contributed by atoms with van der Waals surface area (Å²) in [5.41, 5.74) is 0. The molecule has 0 aliphatic rings. The van der Waals surface area contributed by atoms with E-state index < -0.39 is 5.97 Å². The van der Waals surface area contributed by atoms with Crippen LogP contribution in [0.3, 0.4) is 0 Å². The molecule has 1 atom stereocenters. The molecule has 1 rings (SSSR count). The summed E-state index contributed by atoms with van der Waals surface area (Å²) in [5.74, 6) is -0.841. The first-order valence-corrected chi connectivity index (χ1v) is 6.80. The summed E-state index contributed by atoms with van der Waals surface area (Å²) in [6, 6.07) is 1.90. The largest absolute Gasteiger partial charge is 0.481 e. The standard InChI is InChI=1S/C11H14BrNO3S/c1-7-10(12)5-9(17-7)4-8(13-6-14)2-3-11(15)16/h5-6,8H,2-4H2,1H3,(H,13,14)(H,15,16). The Bertz CT molecular complexity index is 386. The molecule has 0 saturated carbocycles. The highest BCUT2D eigenvalue weighted by molar-refractivity contribution is 9.10. The summed E-state index contributed by atoms with van der Waals surface area (Å²) in [6.45, 7) is 2.01. The normalized spacial score (nSPS) is 12.1. The Hall–Kier alpha value is -0.880. The first-order valence-electron chi connectivity index (χ1n) is 5.19. The van der Waals surface area contributed by atoms with Gasteiger partial charge in [-0.1, -0.05) is 0 Å². The highest BCUT2D eigenvalue weighted by Crippen LogP contribution is 2.27. The van der Waals surface area contributed by atoms with Gasteiger partial charge in [-0.15, -0.1) is 11.3 Å². The number of nitrogens with one attached hydrogen (secondary N) is 1. The SMILES string of the molecule is Cc1sc(CC(CCC(=O)O)NC=O)cc1Br. The molecular formula is C11H14BrNO3S. The van der Waals surface area contributed by atoms with E-state index in [0.29, 0.717) is 19.3 Å². The van der Waals surface area contributed by atoms with Crippen LogP contribution in [0.1, 0.15) is 22.6 Å². The molecule has 0 aromatic carbocycles. The van der Waals surface area contributed by atoms with E-state index >= 15 is 0 Å². The maximum Gasteiger partial charge on any atom is 0.303 e. The number of aliphatic carboxylic acids is 1. The van der Waals surface area contributed by atoms with Crippen LogP contribution in [0.15, 0.2) is 10.5 Å². The molecule has 6 heteroatoms. The number of aryl methyl sites for hydroxylation is 1. The van der Waals surface area contributed by atoms with Crippen molar-refractivity contribution in [2.75, 3.05) is 0 Å². The fourth-order valence-electron chi connectivity index (χ4n) is 1.50.